The van der Waals surface area contributed by atoms with Gasteiger partial charge in [0.15, 0.2) is 0 Å². The van der Waals surface area contributed by atoms with Crippen LogP contribution in [0.4, 0.5) is 0 Å². The van der Waals surface area contributed by atoms with E-state index in [0.717, 1.165) is 17.4 Å². The van der Waals surface area contributed by atoms with Crippen molar-refractivity contribution in [1.82, 2.24) is 4.90 Å². The van der Waals surface area contributed by atoms with Gasteiger partial charge in [-0.3, -0.25) is 9.69 Å². The van der Waals surface area contributed by atoms with E-state index in [1.165, 1.54) is 32.4 Å². The zero-order valence-corrected chi connectivity index (χ0v) is 11.4. The molecular weight excluding hydrogens is 305 g/mol. The van der Waals surface area contributed by atoms with E-state index in [2.05, 4.69) is 27.5 Å². The molecule has 0 saturated carbocycles. The van der Waals surface area contributed by atoms with Crippen LogP contribution in [-0.4, -0.2) is 41.5 Å². The van der Waals surface area contributed by atoms with Gasteiger partial charge >= 0.3 is 5.97 Å². The first-order valence-electron chi connectivity index (χ1n) is 5.77. The summed E-state index contributed by atoms with van der Waals surface area (Å²) in [5, 5.41) is 0. The van der Waals surface area contributed by atoms with Crippen molar-refractivity contribution in [3.8, 4) is 0 Å². The Morgan fingerprint density at radius 3 is 2.67 bits per heavy atom. The minimum Gasteiger partial charge on any atom is -0.464 e. The van der Waals surface area contributed by atoms with Crippen molar-refractivity contribution < 1.29 is 9.53 Å². The highest BCUT2D eigenvalue weighted by molar-refractivity contribution is 14.1. The Kier molecular flexibility index (Phi) is 7.34. The molecule has 0 spiro atoms. The second-order valence-corrected chi connectivity index (χ2v) is 4.99. The molecule has 1 fully saturated rings. The van der Waals surface area contributed by atoms with Gasteiger partial charge in [0.25, 0.3) is 0 Å². The van der Waals surface area contributed by atoms with Gasteiger partial charge in [-0.15, -0.1) is 0 Å². The predicted octanol–water partition coefficient (Wildman–Crippen LogP) is 2.23. The standard InChI is InChI=1S/C11H20INO2/c12-6-4-5-11(14)15-10-9-13-7-2-1-3-8-13/h1-10H2. The number of carbonyl (C=O) groups is 1. The third-order valence-corrected chi connectivity index (χ3v) is 3.40. The minimum absolute atomic E-state index is 0.0383. The van der Waals surface area contributed by atoms with Crippen LogP contribution in [0.2, 0.25) is 0 Å². The summed E-state index contributed by atoms with van der Waals surface area (Å²) in [7, 11) is 0. The van der Waals surface area contributed by atoms with Crippen LogP contribution < -0.4 is 0 Å². The zero-order valence-electron chi connectivity index (χ0n) is 9.21. The number of hydrogen-bond donors (Lipinski definition) is 0. The van der Waals surface area contributed by atoms with Gasteiger partial charge in [0.1, 0.15) is 6.61 Å². The van der Waals surface area contributed by atoms with E-state index < -0.39 is 0 Å². The number of hydrogen-bond acceptors (Lipinski definition) is 3. The summed E-state index contributed by atoms with van der Waals surface area (Å²) in [6.07, 6.45) is 5.45. The second-order valence-electron chi connectivity index (χ2n) is 3.92. The number of esters is 1. The number of halogens is 1. The van der Waals surface area contributed by atoms with Crippen LogP contribution in [0, 0.1) is 0 Å². The molecule has 4 heteroatoms. The molecule has 0 unspecified atom stereocenters. The summed E-state index contributed by atoms with van der Waals surface area (Å²) < 4.78 is 6.19. The lowest BCUT2D eigenvalue weighted by atomic mass is 10.1. The normalized spacial score (nSPS) is 17.7. The van der Waals surface area contributed by atoms with E-state index in [4.69, 9.17) is 4.74 Å². The first kappa shape index (κ1) is 13.2. The summed E-state index contributed by atoms with van der Waals surface area (Å²) in [4.78, 5) is 13.6. The van der Waals surface area contributed by atoms with Crippen molar-refractivity contribution in [2.45, 2.75) is 32.1 Å². The molecule has 0 atom stereocenters. The molecule has 0 aromatic heterocycles. The lowest BCUT2D eigenvalue weighted by Gasteiger charge is -2.25. The van der Waals surface area contributed by atoms with Crippen LogP contribution in [0.25, 0.3) is 0 Å². The van der Waals surface area contributed by atoms with E-state index in [-0.39, 0.29) is 5.97 Å². The van der Waals surface area contributed by atoms with E-state index in [1.54, 1.807) is 0 Å². The SMILES string of the molecule is O=C(CCCI)OCCN1CCCCC1. The number of ether oxygens (including phenoxy) is 1. The molecule has 0 radical (unpaired) electrons. The number of piperidine rings is 1. The molecule has 88 valence electrons. The van der Waals surface area contributed by atoms with Crippen LogP contribution in [0.1, 0.15) is 32.1 Å². The van der Waals surface area contributed by atoms with Crippen LogP contribution in [-0.2, 0) is 9.53 Å². The molecule has 3 nitrogen and oxygen atoms in total. The highest BCUT2D eigenvalue weighted by atomic mass is 127. The Morgan fingerprint density at radius 2 is 2.00 bits per heavy atom. The third-order valence-electron chi connectivity index (χ3n) is 2.63. The molecule has 0 aromatic carbocycles. The summed E-state index contributed by atoms with van der Waals surface area (Å²) >= 11 is 2.28. The molecule has 1 heterocycles. The number of carbonyl (C=O) groups excluding carboxylic acids is 1. The molecule has 0 bridgehead atoms. The van der Waals surface area contributed by atoms with Gasteiger partial charge in [-0.05, 0) is 32.4 Å². The van der Waals surface area contributed by atoms with Crippen LogP contribution in [0.5, 0.6) is 0 Å². The quantitative estimate of drug-likeness (QED) is 0.426. The second kappa shape index (κ2) is 8.33. The highest BCUT2D eigenvalue weighted by Gasteiger charge is 2.10. The Balaban J connectivity index is 1.97. The van der Waals surface area contributed by atoms with E-state index in [9.17, 15) is 4.79 Å². The van der Waals surface area contributed by atoms with Crippen molar-refractivity contribution in [2.24, 2.45) is 0 Å². The summed E-state index contributed by atoms with van der Waals surface area (Å²) in [6, 6.07) is 0. The van der Waals surface area contributed by atoms with Crippen LogP contribution in [0.3, 0.4) is 0 Å². The van der Waals surface area contributed by atoms with E-state index in [0.29, 0.717) is 13.0 Å². The minimum atomic E-state index is -0.0383. The average molecular weight is 325 g/mol. The first-order valence-corrected chi connectivity index (χ1v) is 7.29. The van der Waals surface area contributed by atoms with Gasteiger partial charge in [0.05, 0.1) is 0 Å². The molecule has 0 amide bonds. The van der Waals surface area contributed by atoms with Crippen molar-refractivity contribution in [3.05, 3.63) is 0 Å². The summed E-state index contributed by atoms with van der Waals surface area (Å²) in [6.45, 7) is 3.83. The Morgan fingerprint density at radius 1 is 1.27 bits per heavy atom. The smallest absolute Gasteiger partial charge is 0.305 e. The topological polar surface area (TPSA) is 29.5 Å². The number of rotatable bonds is 6. The number of nitrogens with zero attached hydrogens (tertiary/aromatic N) is 1. The Hall–Kier alpha value is 0.160. The average Bonchev–Trinajstić information content (AvgIpc) is 2.28. The first-order chi connectivity index (χ1) is 7.33. The Bertz CT molecular complexity index is 181. The lowest BCUT2D eigenvalue weighted by Crippen LogP contribution is -2.33. The van der Waals surface area contributed by atoms with Crippen molar-refractivity contribution >= 4 is 28.6 Å². The Labute approximate surface area is 106 Å². The van der Waals surface area contributed by atoms with Gasteiger partial charge in [-0.1, -0.05) is 29.0 Å². The fourth-order valence-electron chi connectivity index (χ4n) is 1.75. The van der Waals surface area contributed by atoms with Crippen molar-refractivity contribution in [2.75, 3.05) is 30.7 Å². The maximum atomic E-state index is 11.2. The van der Waals surface area contributed by atoms with Gasteiger partial charge in [-0.2, -0.15) is 0 Å². The van der Waals surface area contributed by atoms with Gasteiger partial charge in [0, 0.05) is 17.4 Å². The van der Waals surface area contributed by atoms with Crippen LogP contribution in [0.15, 0.2) is 0 Å². The van der Waals surface area contributed by atoms with E-state index in [1.807, 2.05) is 0 Å². The van der Waals surface area contributed by atoms with Crippen molar-refractivity contribution in [3.63, 3.8) is 0 Å². The zero-order chi connectivity index (χ0) is 10.9. The fourth-order valence-corrected chi connectivity index (χ4v) is 2.14. The lowest BCUT2D eigenvalue weighted by molar-refractivity contribution is -0.144. The maximum absolute atomic E-state index is 11.2. The molecule has 1 aliphatic rings. The number of likely N-dealkylation sites (tertiary alicyclic amines) is 1. The summed E-state index contributed by atoms with van der Waals surface area (Å²) in [5.74, 6) is -0.0383. The molecule has 0 aromatic rings. The third kappa shape index (κ3) is 6.35. The predicted molar refractivity (Wildman–Crippen MR) is 69.4 cm³/mol. The van der Waals surface area contributed by atoms with E-state index >= 15 is 0 Å². The van der Waals surface area contributed by atoms with Gasteiger partial charge in [-0.25, -0.2) is 0 Å². The van der Waals surface area contributed by atoms with Gasteiger partial charge in [0.2, 0.25) is 0 Å². The van der Waals surface area contributed by atoms with Crippen LogP contribution >= 0.6 is 22.6 Å². The molecule has 1 aliphatic heterocycles. The fraction of sp³-hybridized carbons (Fsp3) is 0.909. The molecule has 15 heavy (non-hydrogen) atoms. The maximum Gasteiger partial charge on any atom is 0.305 e. The van der Waals surface area contributed by atoms with Crippen molar-refractivity contribution in [1.29, 1.82) is 0 Å². The molecule has 0 aliphatic carbocycles. The molecule has 1 rings (SSSR count). The number of alkyl halides is 1. The molecular formula is C11H20INO2. The summed E-state index contributed by atoms with van der Waals surface area (Å²) in [5.41, 5.74) is 0. The monoisotopic (exact) mass is 325 g/mol. The highest BCUT2D eigenvalue weighted by Crippen LogP contribution is 2.07. The molecule has 0 N–H and O–H groups in total. The largest absolute Gasteiger partial charge is 0.464 e. The molecule has 1 saturated heterocycles. The van der Waals surface area contributed by atoms with Gasteiger partial charge < -0.3 is 4.74 Å².